The predicted molar refractivity (Wildman–Crippen MR) is 105 cm³/mol. The number of thiazole rings is 1. The minimum absolute atomic E-state index is 0.0378. The van der Waals surface area contributed by atoms with Crippen LogP contribution in [0.25, 0.3) is 16.8 Å². The molecular formula is C20H14F3N3O2S. The summed E-state index contributed by atoms with van der Waals surface area (Å²) in [6.07, 6.45) is -4.81. The molecule has 0 radical (unpaired) electrons. The Morgan fingerprint density at radius 3 is 2.59 bits per heavy atom. The molecule has 0 aliphatic carbocycles. The number of anilines is 1. The van der Waals surface area contributed by atoms with Crippen molar-refractivity contribution in [2.45, 2.75) is 6.36 Å². The topological polar surface area (TPSA) is 69.4 Å². The van der Waals surface area contributed by atoms with Gasteiger partial charge in [-0.15, -0.1) is 24.5 Å². The van der Waals surface area contributed by atoms with Gasteiger partial charge < -0.3 is 14.7 Å². The molecule has 2 aromatic carbocycles. The van der Waals surface area contributed by atoms with Gasteiger partial charge in [0.2, 0.25) is 0 Å². The van der Waals surface area contributed by atoms with E-state index in [2.05, 4.69) is 9.72 Å². The summed E-state index contributed by atoms with van der Waals surface area (Å²) in [5.74, 6) is -0.497. The van der Waals surface area contributed by atoms with Crippen LogP contribution in [-0.4, -0.2) is 28.8 Å². The van der Waals surface area contributed by atoms with Crippen LogP contribution in [0, 0.1) is 5.41 Å². The van der Waals surface area contributed by atoms with Crippen LogP contribution in [0.15, 0.2) is 65.7 Å². The minimum atomic E-state index is -4.81. The number of alkyl halides is 3. The molecule has 2 heterocycles. The number of aliphatic hydroxyl groups excluding tert-OH is 1. The molecule has 3 aromatic rings. The first kappa shape index (κ1) is 19.0. The molecule has 2 N–H and O–H groups in total. The average molecular weight is 417 g/mol. The molecule has 148 valence electrons. The van der Waals surface area contributed by atoms with Crippen molar-refractivity contribution in [1.82, 2.24) is 4.98 Å². The normalized spacial score (nSPS) is 14.6. The van der Waals surface area contributed by atoms with Crippen molar-refractivity contribution < 1.29 is 23.0 Å². The molecular weight excluding hydrogens is 403 g/mol. The number of aromatic nitrogens is 1. The number of amidine groups is 1. The Kier molecular flexibility index (Phi) is 4.75. The van der Waals surface area contributed by atoms with Gasteiger partial charge in [0.05, 0.1) is 17.8 Å². The average Bonchev–Trinajstić information content (AvgIpc) is 3.26. The standard InChI is InChI=1S/C20H14F3N3O2S/c21-20(22,23)28-14-8-4-7-13(9-14)26-10-16(27)17(18(26)24)19-25-15(11-29-19)12-5-2-1-3-6-12/h1-9,11,24,27H,10H2. The van der Waals surface area contributed by atoms with Gasteiger partial charge in [-0.05, 0) is 12.1 Å². The fourth-order valence-electron chi connectivity index (χ4n) is 3.00. The lowest BCUT2D eigenvalue weighted by Gasteiger charge is -2.19. The lowest BCUT2D eigenvalue weighted by atomic mass is 10.2. The third-order valence-corrected chi connectivity index (χ3v) is 5.11. The summed E-state index contributed by atoms with van der Waals surface area (Å²) in [5.41, 5.74) is 2.20. The summed E-state index contributed by atoms with van der Waals surface area (Å²) in [6, 6.07) is 14.8. The molecule has 0 spiro atoms. The molecule has 1 aromatic heterocycles. The van der Waals surface area contributed by atoms with Crippen LogP contribution < -0.4 is 9.64 Å². The molecule has 0 atom stereocenters. The van der Waals surface area contributed by atoms with E-state index in [9.17, 15) is 18.3 Å². The van der Waals surface area contributed by atoms with Gasteiger partial charge in [-0.25, -0.2) is 4.98 Å². The van der Waals surface area contributed by atoms with Gasteiger partial charge in [-0.2, -0.15) is 0 Å². The van der Waals surface area contributed by atoms with E-state index in [1.54, 1.807) is 6.07 Å². The fraction of sp³-hybridized carbons (Fsp3) is 0.100. The number of nitrogens with one attached hydrogen (secondary N) is 1. The Morgan fingerprint density at radius 2 is 1.86 bits per heavy atom. The van der Waals surface area contributed by atoms with Crippen LogP contribution in [0.1, 0.15) is 5.01 Å². The van der Waals surface area contributed by atoms with Crippen molar-refractivity contribution in [3.8, 4) is 17.0 Å². The maximum absolute atomic E-state index is 12.5. The summed E-state index contributed by atoms with van der Waals surface area (Å²) < 4.78 is 41.4. The second-order valence-corrected chi connectivity index (χ2v) is 7.06. The first-order chi connectivity index (χ1) is 13.8. The van der Waals surface area contributed by atoms with Crippen LogP contribution >= 0.6 is 11.3 Å². The Hall–Kier alpha value is -3.33. The van der Waals surface area contributed by atoms with Gasteiger partial charge in [-0.3, -0.25) is 5.41 Å². The number of halogens is 3. The summed E-state index contributed by atoms with van der Waals surface area (Å²) in [4.78, 5) is 5.92. The number of hydrogen-bond acceptors (Lipinski definition) is 5. The fourth-order valence-corrected chi connectivity index (χ4v) is 3.90. The lowest BCUT2D eigenvalue weighted by molar-refractivity contribution is -0.274. The van der Waals surface area contributed by atoms with Crippen molar-refractivity contribution in [3.63, 3.8) is 0 Å². The number of nitrogens with zero attached hydrogens (tertiary/aromatic N) is 2. The van der Waals surface area contributed by atoms with E-state index >= 15 is 0 Å². The van der Waals surface area contributed by atoms with Crippen LogP contribution in [0.3, 0.4) is 0 Å². The molecule has 0 amide bonds. The van der Waals surface area contributed by atoms with E-state index in [1.807, 2.05) is 35.7 Å². The third-order valence-electron chi connectivity index (χ3n) is 4.25. The van der Waals surface area contributed by atoms with E-state index in [1.165, 1.54) is 34.4 Å². The zero-order chi connectivity index (χ0) is 20.6. The van der Waals surface area contributed by atoms with Crippen LogP contribution in [0.2, 0.25) is 0 Å². The number of hydrogen-bond donors (Lipinski definition) is 2. The number of ether oxygens (including phenoxy) is 1. The quantitative estimate of drug-likeness (QED) is 0.590. The number of rotatable bonds is 4. The van der Waals surface area contributed by atoms with E-state index in [0.717, 1.165) is 11.3 Å². The monoisotopic (exact) mass is 417 g/mol. The SMILES string of the molecule is N=C1C(c2nc(-c3ccccc3)cs2)=C(O)CN1c1cccc(OC(F)(F)F)c1. The highest BCUT2D eigenvalue weighted by atomic mass is 32.1. The lowest BCUT2D eigenvalue weighted by Crippen LogP contribution is -2.26. The Bertz CT molecular complexity index is 1090. The highest BCUT2D eigenvalue weighted by molar-refractivity contribution is 7.11. The summed E-state index contributed by atoms with van der Waals surface area (Å²) in [5, 5.41) is 21.2. The summed E-state index contributed by atoms with van der Waals surface area (Å²) >= 11 is 1.29. The first-order valence-electron chi connectivity index (χ1n) is 8.47. The predicted octanol–water partition coefficient (Wildman–Crippen LogP) is 5.48. The van der Waals surface area contributed by atoms with E-state index in [-0.39, 0.29) is 23.7 Å². The van der Waals surface area contributed by atoms with Gasteiger partial charge in [0, 0.05) is 22.7 Å². The minimum Gasteiger partial charge on any atom is -0.510 e. The number of aliphatic hydroxyl groups is 1. The third kappa shape index (κ3) is 3.95. The highest BCUT2D eigenvalue weighted by Crippen LogP contribution is 2.35. The second-order valence-electron chi connectivity index (χ2n) is 6.21. The van der Waals surface area contributed by atoms with Gasteiger partial charge in [0.25, 0.3) is 0 Å². The molecule has 4 rings (SSSR count). The molecule has 0 unspecified atom stereocenters. The van der Waals surface area contributed by atoms with Gasteiger partial charge >= 0.3 is 6.36 Å². The Balaban J connectivity index is 1.60. The van der Waals surface area contributed by atoms with Crippen molar-refractivity contribution in [2.75, 3.05) is 11.4 Å². The molecule has 9 heteroatoms. The van der Waals surface area contributed by atoms with Gasteiger partial charge in [0.1, 0.15) is 22.4 Å². The van der Waals surface area contributed by atoms with Crippen LogP contribution in [0.5, 0.6) is 5.75 Å². The maximum atomic E-state index is 12.5. The molecule has 0 bridgehead atoms. The Morgan fingerprint density at radius 1 is 1.10 bits per heavy atom. The molecule has 1 aliphatic heterocycles. The zero-order valence-electron chi connectivity index (χ0n) is 14.8. The van der Waals surface area contributed by atoms with E-state index in [4.69, 9.17) is 5.41 Å². The maximum Gasteiger partial charge on any atom is 0.573 e. The van der Waals surface area contributed by atoms with Crippen molar-refractivity contribution in [3.05, 3.63) is 70.7 Å². The van der Waals surface area contributed by atoms with Gasteiger partial charge in [0.15, 0.2) is 0 Å². The largest absolute Gasteiger partial charge is 0.573 e. The van der Waals surface area contributed by atoms with E-state index in [0.29, 0.717) is 10.7 Å². The molecule has 0 saturated carbocycles. The van der Waals surface area contributed by atoms with Crippen LogP contribution in [-0.2, 0) is 0 Å². The van der Waals surface area contributed by atoms with Crippen molar-refractivity contribution in [2.24, 2.45) is 0 Å². The molecule has 5 nitrogen and oxygen atoms in total. The zero-order valence-corrected chi connectivity index (χ0v) is 15.6. The van der Waals surface area contributed by atoms with Gasteiger partial charge in [-0.1, -0.05) is 36.4 Å². The molecule has 0 fully saturated rings. The number of benzene rings is 2. The molecule has 0 saturated heterocycles. The van der Waals surface area contributed by atoms with Crippen molar-refractivity contribution in [1.29, 1.82) is 5.41 Å². The van der Waals surface area contributed by atoms with Crippen molar-refractivity contribution >= 4 is 28.4 Å². The first-order valence-corrected chi connectivity index (χ1v) is 9.35. The highest BCUT2D eigenvalue weighted by Gasteiger charge is 2.33. The van der Waals surface area contributed by atoms with Crippen LogP contribution in [0.4, 0.5) is 18.9 Å². The second kappa shape index (κ2) is 7.25. The molecule has 29 heavy (non-hydrogen) atoms. The summed E-state index contributed by atoms with van der Waals surface area (Å²) in [7, 11) is 0. The smallest absolute Gasteiger partial charge is 0.510 e. The van der Waals surface area contributed by atoms with E-state index < -0.39 is 12.1 Å². The Labute approximate surface area is 167 Å². The summed E-state index contributed by atoms with van der Waals surface area (Å²) in [6.45, 7) is -0.0378. The molecule has 1 aliphatic rings.